The fraction of sp³-hybridized carbons (Fsp3) is 0.364. The summed E-state index contributed by atoms with van der Waals surface area (Å²) in [7, 11) is 3.07. The molecule has 0 atom stereocenters. The normalized spacial score (nSPS) is 13.7. The third-order valence-corrected chi connectivity index (χ3v) is 5.43. The Morgan fingerprint density at radius 3 is 2.30 bits per heavy atom. The number of rotatable bonds is 6. The smallest absolute Gasteiger partial charge is 0.255 e. The molecule has 2 aromatic rings. The van der Waals surface area contributed by atoms with E-state index in [1.807, 2.05) is 24.0 Å². The van der Waals surface area contributed by atoms with E-state index in [0.717, 1.165) is 18.8 Å². The predicted octanol–water partition coefficient (Wildman–Crippen LogP) is 3.67. The minimum atomic E-state index is -0.272. The van der Waals surface area contributed by atoms with Gasteiger partial charge in [-0.3, -0.25) is 9.59 Å². The second-order valence-electron chi connectivity index (χ2n) is 6.91. The summed E-state index contributed by atoms with van der Waals surface area (Å²) >= 11 is 6.50. The number of hydrogen-bond donors (Lipinski definition) is 1. The van der Waals surface area contributed by atoms with E-state index in [4.69, 9.17) is 21.1 Å². The summed E-state index contributed by atoms with van der Waals surface area (Å²) in [6, 6.07) is 10.4. The number of anilines is 2. The number of nitrogens with one attached hydrogen (secondary N) is 1. The summed E-state index contributed by atoms with van der Waals surface area (Å²) in [5, 5.41) is 3.41. The van der Waals surface area contributed by atoms with Crippen LogP contribution in [0, 0.1) is 0 Å². The topological polar surface area (TPSA) is 71.1 Å². The molecule has 0 aliphatic carbocycles. The van der Waals surface area contributed by atoms with Gasteiger partial charge in [0.15, 0.2) is 11.5 Å². The molecular weight excluding hydrogens is 406 g/mol. The van der Waals surface area contributed by atoms with E-state index < -0.39 is 0 Å². The Balaban J connectivity index is 1.67. The van der Waals surface area contributed by atoms with Crippen LogP contribution in [0.4, 0.5) is 11.4 Å². The van der Waals surface area contributed by atoms with Crippen LogP contribution in [-0.4, -0.2) is 57.1 Å². The van der Waals surface area contributed by atoms with Crippen LogP contribution < -0.4 is 19.7 Å². The van der Waals surface area contributed by atoms with Gasteiger partial charge in [0.1, 0.15) is 0 Å². The van der Waals surface area contributed by atoms with Crippen LogP contribution >= 0.6 is 11.6 Å². The number of carbonyl (C=O) groups excluding carboxylic acids is 2. The fourth-order valence-electron chi connectivity index (χ4n) is 3.44. The maximum absolute atomic E-state index is 12.6. The van der Waals surface area contributed by atoms with Crippen molar-refractivity contribution in [2.75, 3.05) is 50.6 Å². The Morgan fingerprint density at radius 1 is 1.00 bits per heavy atom. The van der Waals surface area contributed by atoms with Crippen molar-refractivity contribution in [3.8, 4) is 11.5 Å². The lowest BCUT2D eigenvalue weighted by Crippen LogP contribution is -2.48. The van der Waals surface area contributed by atoms with Gasteiger partial charge in [-0.1, -0.05) is 18.5 Å². The van der Waals surface area contributed by atoms with Crippen molar-refractivity contribution >= 4 is 34.8 Å². The van der Waals surface area contributed by atoms with E-state index in [2.05, 4.69) is 10.2 Å². The molecule has 2 aromatic carbocycles. The number of carbonyl (C=O) groups is 2. The number of benzene rings is 2. The molecule has 2 amide bonds. The summed E-state index contributed by atoms with van der Waals surface area (Å²) in [4.78, 5) is 28.5. The molecule has 30 heavy (non-hydrogen) atoms. The molecule has 1 saturated heterocycles. The van der Waals surface area contributed by atoms with Crippen molar-refractivity contribution in [3.05, 3.63) is 47.0 Å². The van der Waals surface area contributed by atoms with Crippen molar-refractivity contribution in [1.82, 2.24) is 4.90 Å². The number of amides is 2. The minimum absolute atomic E-state index is 0.175. The second kappa shape index (κ2) is 9.71. The Bertz CT molecular complexity index is 927. The third kappa shape index (κ3) is 4.79. The first-order chi connectivity index (χ1) is 14.5. The van der Waals surface area contributed by atoms with Crippen LogP contribution in [-0.2, 0) is 4.79 Å². The van der Waals surface area contributed by atoms with Crippen LogP contribution in [0.3, 0.4) is 0 Å². The number of nitrogens with zero attached hydrogens (tertiary/aromatic N) is 2. The highest BCUT2D eigenvalue weighted by atomic mass is 35.5. The Labute approximate surface area is 181 Å². The lowest BCUT2D eigenvalue weighted by Gasteiger charge is -2.36. The molecule has 1 fully saturated rings. The number of halogens is 1. The van der Waals surface area contributed by atoms with Crippen molar-refractivity contribution in [1.29, 1.82) is 0 Å². The van der Waals surface area contributed by atoms with E-state index in [1.165, 1.54) is 7.11 Å². The monoisotopic (exact) mass is 431 g/mol. The van der Waals surface area contributed by atoms with Gasteiger partial charge in [0.2, 0.25) is 5.91 Å². The highest BCUT2D eigenvalue weighted by molar-refractivity contribution is 6.33. The van der Waals surface area contributed by atoms with Gasteiger partial charge in [0.25, 0.3) is 5.91 Å². The average molecular weight is 432 g/mol. The van der Waals surface area contributed by atoms with Crippen LogP contribution in [0.15, 0.2) is 36.4 Å². The standard InChI is InChI=1S/C22H26ClN3O4/c1-4-21(27)26-11-9-25(10-12-26)18-7-6-16(14-17(18)23)24-22(28)15-5-8-19(29-2)20(13-15)30-3/h5-8,13-14H,4,9-12H2,1-3H3,(H,24,28). The first-order valence-electron chi connectivity index (χ1n) is 9.82. The maximum Gasteiger partial charge on any atom is 0.255 e. The minimum Gasteiger partial charge on any atom is -0.493 e. The van der Waals surface area contributed by atoms with Gasteiger partial charge in [0.05, 0.1) is 24.9 Å². The molecule has 1 aliphatic heterocycles. The van der Waals surface area contributed by atoms with Gasteiger partial charge in [-0.2, -0.15) is 0 Å². The van der Waals surface area contributed by atoms with E-state index in [0.29, 0.717) is 47.3 Å². The van der Waals surface area contributed by atoms with E-state index in [9.17, 15) is 9.59 Å². The first kappa shape index (κ1) is 21.8. The zero-order valence-corrected chi connectivity index (χ0v) is 18.2. The van der Waals surface area contributed by atoms with Crippen LogP contribution in [0.25, 0.3) is 0 Å². The largest absolute Gasteiger partial charge is 0.493 e. The summed E-state index contributed by atoms with van der Waals surface area (Å²) < 4.78 is 10.5. The summed E-state index contributed by atoms with van der Waals surface area (Å²) in [6.07, 6.45) is 0.523. The second-order valence-corrected chi connectivity index (χ2v) is 7.32. The summed E-state index contributed by atoms with van der Waals surface area (Å²) in [6.45, 7) is 4.69. The zero-order valence-electron chi connectivity index (χ0n) is 17.4. The van der Waals surface area contributed by atoms with Crippen LogP contribution in [0.5, 0.6) is 11.5 Å². The number of methoxy groups -OCH3 is 2. The molecule has 8 heteroatoms. The average Bonchev–Trinajstić information content (AvgIpc) is 2.78. The molecule has 0 spiro atoms. The molecule has 0 saturated carbocycles. The molecule has 1 aliphatic rings. The lowest BCUT2D eigenvalue weighted by atomic mass is 10.1. The van der Waals surface area contributed by atoms with Crippen molar-refractivity contribution in [3.63, 3.8) is 0 Å². The van der Waals surface area contributed by atoms with E-state index in [1.54, 1.807) is 31.4 Å². The lowest BCUT2D eigenvalue weighted by molar-refractivity contribution is -0.131. The molecule has 160 valence electrons. The molecule has 0 bridgehead atoms. The first-order valence-corrected chi connectivity index (χ1v) is 10.2. The van der Waals surface area contributed by atoms with Gasteiger partial charge in [-0.05, 0) is 36.4 Å². The highest BCUT2D eigenvalue weighted by Gasteiger charge is 2.21. The van der Waals surface area contributed by atoms with Gasteiger partial charge in [0, 0.05) is 43.9 Å². The molecule has 0 aromatic heterocycles. The SMILES string of the molecule is CCC(=O)N1CCN(c2ccc(NC(=O)c3ccc(OC)c(OC)c3)cc2Cl)CC1. The van der Waals surface area contributed by atoms with Crippen LogP contribution in [0.2, 0.25) is 5.02 Å². The third-order valence-electron chi connectivity index (χ3n) is 5.13. The molecule has 3 rings (SSSR count). The van der Waals surface area contributed by atoms with E-state index in [-0.39, 0.29) is 11.8 Å². The summed E-state index contributed by atoms with van der Waals surface area (Å²) in [5.41, 5.74) is 1.94. The number of ether oxygens (including phenoxy) is 2. The molecule has 7 nitrogen and oxygen atoms in total. The zero-order chi connectivity index (χ0) is 21.7. The van der Waals surface area contributed by atoms with Crippen molar-refractivity contribution < 1.29 is 19.1 Å². The maximum atomic E-state index is 12.6. The molecular formula is C22H26ClN3O4. The Kier molecular flexibility index (Phi) is 7.05. The Hall–Kier alpha value is -2.93. The van der Waals surface area contributed by atoms with Crippen molar-refractivity contribution in [2.24, 2.45) is 0 Å². The van der Waals surface area contributed by atoms with Gasteiger partial charge >= 0.3 is 0 Å². The van der Waals surface area contributed by atoms with Crippen molar-refractivity contribution in [2.45, 2.75) is 13.3 Å². The molecule has 0 unspecified atom stereocenters. The number of hydrogen-bond acceptors (Lipinski definition) is 5. The van der Waals surface area contributed by atoms with Gasteiger partial charge in [-0.15, -0.1) is 0 Å². The van der Waals surface area contributed by atoms with Crippen LogP contribution in [0.1, 0.15) is 23.7 Å². The quantitative estimate of drug-likeness (QED) is 0.755. The Morgan fingerprint density at radius 2 is 1.70 bits per heavy atom. The summed E-state index contributed by atoms with van der Waals surface area (Å²) in [5.74, 6) is 0.946. The van der Waals surface area contributed by atoms with Gasteiger partial charge in [-0.25, -0.2) is 0 Å². The fourth-order valence-corrected chi connectivity index (χ4v) is 3.74. The van der Waals surface area contributed by atoms with E-state index >= 15 is 0 Å². The predicted molar refractivity (Wildman–Crippen MR) is 118 cm³/mol. The molecule has 1 heterocycles. The molecule has 0 radical (unpaired) electrons. The highest BCUT2D eigenvalue weighted by Crippen LogP contribution is 2.31. The molecule has 1 N–H and O–H groups in total. The van der Waals surface area contributed by atoms with Gasteiger partial charge < -0.3 is 24.6 Å². The number of piperazine rings is 1.